The minimum atomic E-state index is -0.541. The van der Waals surface area contributed by atoms with Gasteiger partial charge in [0, 0.05) is 16.8 Å². The summed E-state index contributed by atoms with van der Waals surface area (Å²) in [6.45, 7) is 0. The molecule has 7 nitrogen and oxygen atoms in total. The Labute approximate surface area is 208 Å². The first kappa shape index (κ1) is 22.8. The van der Waals surface area contributed by atoms with Crippen molar-refractivity contribution in [2.24, 2.45) is 0 Å². The third-order valence-electron chi connectivity index (χ3n) is 5.11. The number of fused-ring (bicyclic) bond motifs is 1. The SMILES string of the molecule is N#C/C(=C\c1ccc(OC(=O)/C=C/c2ccco2)cc1)c1nc(-c2cc3ccccc3oc2=O)cs1. The maximum absolute atomic E-state index is 12.5. The number of nitriles is 1. The smallest absolute Gasteiger partial charge is 0.345 e. The molecule has 0 saturated carbocycles. The summed E-state index contributed by atoms with van der Waals surface area (Å²) in [6, 6.07) is 21.3. The van der Waals surface area contributed by atoms with Crippen molar-refractivity contribution in [1.29, 1.82) is 5.26 Å². The summed E-state index contributed by atoms with van der Waals surface area (Å²) in [4.78, 5) is 28.9. The lowest BCUT2D eigenvalue weighted by atomic mass is 10.1. The van der Waals surface area contributed by atoms with Crippen LogP contribution in [0.15, 0.2) is 98.1 Å². The van der Waals surface area contributed by atoms with Gasteiger partial charge < -0.3 is 13.6 Å². The van der Waals surface area contributed by atoms with E-state index in [1.165, 1.54) is 29.8 Å². The Bertz CT molecular complexity index is 1700. The van der Waals surface area contributed by atoms with E-state index in [-0.39, 0.29) is 0 Å². The van der Waals surface area contributed by atoms with Gasteiger partial charge >= 0.3 is 11.6 Å². The summed E-state index contributed by atoms with van der Waals surface area (Å²) >= 11 is 1.26. The zero-order chi connectivity index (χ0) is 24.9. The molecule has 0 atom stereocenters. The van der Waals surface area contributed by atoms with E-state index in [9.17, 15) is 14.9 Å². The van der Waals surface area contributed by atoms with E-state index < -0.39 is 11.6 Å². The van der Waals surface area contributed by atoms with Crippen molar-refractivity contribution in [1.82, 2.24) is 4.98 Å². The molecule has 0 aliphatic carbocycles. The maximum Gasteiger partial charge on any atom is 0.345 e. The van der Waals surface area contributed by atoms with Crippen molar-refractivity contribution in [3.05, 3.63) is 111 Å². The molecule has 3 aromatic heterocycles. The monoisotopic (exact) mass is 492 g/mol. The second kappa shape index (κ2) is 10.1. The van der Waals surface area contributed by atoms with Crippen molar-refractivity contribution in [3.63, 3.8) is 0 Å². The third-order valence-corrected chi connectivity index (χ3v) is 5.98. The number of furan rings is 1. The predicted molar refractivity (Wildman–Crippen MR) is 137 cm³/mol. The number of benzene rings is 2. The summed E-state index contributed by atoms with van der Waals surface area (Å²) in [7, 11) is 0. The van der Waals surface area contributed by atoms with Crippen LogP contribution in [-0.4, -0.2) is 11.0 Å². The van der Waals surface area contributed by atoms with Crippen molar-refractivity contribution < 1.29 is 18.4 Å². The molecule has 36 heavy (non-hydrogen) atoms. The van der Waals surface area contributed by atoms with Crippen LogP contribution in [0.2, 0.25) is 0 Å². The highest BCUT2D eigenvalue weighted by molar-refractivity contribution is 7.11. The molecule has 5 rings (SSSR count). The van der Waals surface area contributed by atoms with E-state index in [1.54, 1.807) is 66.1 Å². The van der Waals surface area contributed by atoms with Crippen molar-refractivity contribution in [2.45, 2.75) is 0 Å². The second-order valence-electron chi connectivity index (χ2n) is 7.53. The highest BCUT2D eigenvalue weighted by Crippen LogP contribution is 2.27. The van der Waals surface area contributed by atoms with Crippen molar-refractivity contribution in [2.75, 3.05) is 0 Å². The van der Waals surface area contributed by atoms with Gasteiger partial charge in [0.25, 0.3) is 0 Å². The van der Waals surface area contributed by atoms with Gasteiger partial charge in [0.2, 0.25) is 0 Å². The number of hydrogen-bond donors (Lipinski definition) is 0. The van der Waals surface area contributed by atoms with Crippen LogP contribution in [0.1, 0.15) is 16.3 Å². The number of carbonyl (C=O) groups is 1. The average molecular weight is 493 g/mol. The van der Waals surface area contributed by atoms with Crippen LogP contribution in [-0.2, 0) is 4.79 Å². The van der Waals surface area contributed by atoms with Crippen LogP contribution in [0.3, 0.4) is 0 Å². The lowest BCUT2D eigenvalue weighted by Crippen LogP contribution is -2.03. The molecule has 0 spiro atoms. The fourth-order valence-corrected chi connectivity index (χ4v) is 4.17. The standard InChI is InChI=1S/C28H16N2O5S/c29-16-20(14-18-7-9-22(10-8-18)34-26(31)12-11-21-5-3-13-33-21)27-30-24(17-36-27)23-15-19-4-1-2-6-25(19)35-28(23)32/h1-15,17H/b12-11+,20-14+. The van der Waals surface area contributed by atoms with Gasteiger partial charge in [-0.15, -0.1) is 11.3 Å². The summed E-state index contributed by atoms with van der Waals surface area (Å²) in [6.07, 6.45) is 5.98. The fourth-order valence-electron chi connectivity index (χ4n) is 3.39. The molecule has 8 heteroatoms. The van der Waals surface area contributed by atoms with Crippen molar-refractivity contribution >= 4 is 46.0 Å². The number of rotatable bonds is 6. The molecule has 0 aliphatic rings. The molecule has 0 radical (unpaired) electrons. The van der Waals surface area contributed by atoms with Gasteiger partial charge in [0.1, 0.15) is 28.2 Å². The third kappa shape index (κ3) is 5.06. The number of carbonyl (C=O) groups excluding carboxylic acids is 1. The minimum absolute atomic E-state index is 0.334. The van der Waals surface area contributed by atoms with Gasteiger partial charge in [-0.3, -0.25) is 0 Å². The Morgan fingerprint density at radius 3 is 2.69 bits per heavy atom. The predicted octanol–water partition coefficient (Wildman–Crippen LogP) is 6.19. The van der Waals surface area contributed by atoms with E-state index in [4.69, 9.17) is 13.6 Å². The summed E-state index contributed by atoms with van der Waals surface area (Å²) in [5, 5.41) is 12.7. The largest absolute Gasteiger partial charge is 0.465 e. The van der Waals surface area contributed by atoms with Gasteiger partial charge in [0.15, 0.2) is 0 Å². The number of thiazole rings is 1. The summed E-state index contributed by atoms with van der Waals surface area (Å²) in [5.74, 6) is 0.364. The number of hydrogen-bond acceptors (Lipinski definition) is 8. The molecule has 0 fully saturated rings. The van der Waals surface area contributed by atoms with E-state index in [2.05, 4.69) is 11.1 Å². The molecule has 174 valence electrons. The van der Waals surface area contributed by atoms with Gasteiger partial charge in [-0.2, -0.15) is 5.26 Å². The number of para-hydroxylation sites is 1. The Hall–Kier alpha value is -5.00. The summed E-state index contributed by atoms with van der Waals surface area (Å²) in [5.41, 5.74) is 1.85. The van der Waals surface area contributed by atoms with Crippen molar-refractivity contribution in [3.8, 4) is 23.1 Å². The molecule has 2 aromatic carbocycles. The first-order chi connectivity index (χ1) is 17.6. The quantitative estimate of drug-likeness (QED) is 0.0914. The highest BCUT2D eigenvalue weighted by Gasteiger charge is 2.14. The molecular formula is C28H16N2O5S. The molecule has 5 aromatic rings. The lowest BCUT2D eigenvalue weighted by Gasteiger charge is -2.02. The Morgan fingerprint density at radius 1 is 1.08 bits per heavy atom. The molecule has 3 heterocycles. The van der Waals surface area contributed by atoms with Crippen LogP contribution in [0.5, 0.6) is 5.75 Å². The maximum atomic E-state index is 12.5. The Balaban J connectivity index is 1.33. The Kier molecular flexibility index (Phi) is 6.38. The molecule has 0 bridgehead atoms. The number of esters is 1. The lowest BCUT2D eigenvalue weighted by molar-refractivity contribution is -0.128. The van der Waals surface area contributed by atoms with Crippen LogP contribution in [0, 0.1) is 11.3 Å². The number of nitrogens with zero attached hydrogens (tertiary/aromatic N) is 2. The fraction of sp³-hybridized carbons (Fsp3) is 0. The molecular weight excluding hydrogens is 476 g/mol. The first-order valence-electron chi connectivity index (χ1n) is 10.7. The summed E-state index contributed by atoms with van der Waals surface area (Å²) < 4.78 is 15.8. The van der Waals surface area contributed by atoms with Crippen LogP contribution >= 0.6 is 11.3 Å². The van der Waals surface area contributed by atoms with Crippen LogP contribution < -0.4 is 10.4 Å². The van der Waals surface area contributed by atoms with Gasteiger partial charge in [-0.25, -0.2) is 14.6 Å². The number of aromatic nitrogens is 1. The molecule has 0 aliphatic heterocycles. The molecule has 0 amide bonds. The molecule has 0 unspecified atom stereocenters. The average Bonchev–Trinajstić information content (AvgIpc) is 3.59. The Morgan fingerprint density at radius 2 is 1.92 bits per heavy atom. The number of ether oxygens (including phenoxy) is 1. The molecule has 0 saturated heterocycles. The first-order valence-corrected chi connectivity index (χ1v) is 11.6. The van der Waals surface area contributed by atoms with Crippen LogP contribution in [0.4, 0.5) is 0 Å². The van der Waals surface area contributed by atoms with E-state index in [0.29, 0.717) is 38.9 Å². The minimum Gasteiger partial charge on any atom is -0.465 e. The zero-order valence-corrected chi connectivity index (χ0v) is 19.4. The van der Waals surface area contributed by atoms with E-state index >= 15 is 0 Å². The van der Waals surface area contributed by atoms with Gasteiger partial charge in [-0.05, 0) is 54.1 Å². The molecule has 0 N–H and O–H groups in total. The van der Waals surface area contributed by atoms with E-state index in [0.717, 1.165) is 10.9 Å². The normalized spacial score (nSPS) is 11.6. The van der Waals surface area contributed by atoms with Gasteiger partial charge in [-0.1, -0.05) is 30.3 Å². The topological polar surface area (TPSA) is 106 Å². The second-order valence-corrected chi connectivity index (χ2v) is 8.39. The van der Waals surface area contributed by atoms with Crippen LogP contribution in [0.25, 0.3) is 40.0 Å². The van der Waals surface area contributed by atoms with Gasteiger partial charge in [0.05, 0.1) is 23.1 Å². The highest BCUT2D eigenvalue weighted by atomic mass is 32.1. The van der Waals surface area contributed by atoms with E-state index in [1.807, 2.05) is 12.1 Å². The number of allylic oxidation sites excluding steroid dienone is 1. The zero-order valence-electron chi connectivity index (χ0n) is 18.6.